The van der Waals surface area contributed by atoms with E-state index in [4.69, 9.17) is 5.26 Å². The molecule has 100 valence electrons. The first-order valence-corrected chi connectivity index (χ1v) is 6.45. The first-order chi connectivity index (χ1) is 8.95. The SMILES string of the molecule is Cc1ccc(C(=O)N2CCC(C)(C#N)CC2)cc1O. The van der Waals surface area contributed by atoms with E-state index in [2.05, 4.69) is 6.07 Å². The predicted molar refractivity (Wildman–Crippen MR) is 71.7 cm³/mol. The molecule has 1 aliphatic heterocycles. The van der Waals surface area contributed by atoms with Crippen molar-refractivity contribution < 1.29 is 9.90 Å². The molecule has 1 fully saturated rings. The fourth-order valence-corrected chi connectivity index (χ4v) is 2.24. The average molecular weight is 258 g/mol. The number of rotatable bonds is 1. The van der Waals surface area contributed by atoms with E-state index in [1.807, 2.05) is 6.92 Å². The fraction of sp³-hybridized carbons (Fsp3) is 0.467. The number of nitrogens with zero attached hydrogens (tertiary/aromatic N) is 2. The zero-order chi connectivity index (χ0) is 14.0. The highest BCUT2D eigenvalue weighted by Gasteiger charge is 2.32. The Morgan fingerprint density at radius 2 is 2.05 bits per heavy atom. The van der Waals surface area contributed by atoms with E-state index in [1.54, 1.807) is 24.0 Å². The van der Waals surface area contributed by atoms with Gasteiger partial charge in [0, 0.05) is 18.7 Å². The second kappa shape index (κ2) is 4.93. The molecule has 1 saturated heterocycles. The third kappa shape index (κ3) is 2.70. The van der Waals surface area contributed by atoms with Crippen LogP contribution < -0.4 is 0 Å². The van der Waals surface area contributed by atoms with E-state index in [0.717, 1.165) is 5.56 Å². The number of aryl methyl sites for hydroxylation is 1. The van der Waals surface area contributed by atoms with Crippen LogP contribution >= 0.6 is 0 Å². The van der Waals surface area contributed by atoms with Gasteiger partial charge in [-0.05, 0) is 44.4 Å². The highest BCUT2D eigenvalue weighted by molar-refractivity contribution is 5.94. The van der Waals surface area contributed by atoms with Crippen molar-refractivity contribution in [1.29, 1.82) is 5.26 Å². The second-order valence-electron chi connectivity index (χ2n) is 5.47. The Hall–Kier alpha value is -2.02. The summed E-state index contributed by atoms with van der Waals surface area (Å²) >= 11 is 0. The van der Waals surface area contributed by atoms with Gasteiger partial charge in [0.25, 0.3) is 5.91 Å². The molecule has 0 unspecified atom stereocenters. The van der Waals surface area contributed by atoms with Crippen molar-refractivity contribution in [3.05, 3.63) is 29.3 Å². The first-order valence-electron chi connectivity index (χ1n) is 6.45. The molecule has 2 rings (SSSR count). The van der Waals surface area contributed by atoms with Gasteiger partial charge in [0.15, 0.2) is 0 Å². The zero-order valence-electron chi connectivity index (χ0n) is 11.3. The standard InChI is InChI=1S/C15H18N2O2/c1-11-3-4-12(9-13(11)18)14(19)17-7-5-15(2,10-16)6-8-17/h3-4,9,18H,5-8H2,1-2H3. The van der Waals surface area contributed by atoms with Crippen LogP contribution in [0.15, 0.2) is 18.2 Å². The molecule has 1 aromatic rings. The Kier molecular flexibility index (Phi) is 3.48. The summed E-state index contributed by atoms with van der Waals surface area (Å²) < 4.78 is 0. The third-order valence-electron chi connectivity index (χ3n) is 3.88. The lowest BCUT2D eigenvalue weighted by Crippen LogP contribution is -2.41. The predicted octanol–water partition coefficient (Wildman–Crippen LogP) is 2.47. The Morgan fingerprint density at radius 3 is 2.58 bits per heavy atom. The number of benzene rings is 1. The summed E-state index contributed by atoms with van der Waals surface area (Å²) in [5.74, 6) is 0.0695. The molecule has 0 saturated carbocycles. The van der Waals surface area contributed by atoms with Crippen molar-refractivity contribution in [2.45, 2.75) is 26.7 Å². The van der Waals surface area contributed by atoms with E-state index in [0.29, 0.717) is 31.5 Å². The number of hydrogen-bond donors (Lipinski definition) is 1. The minimum absolute atomic E-state index is 0.0738. The van der Waals surface area contributed by atoms with Crippen LogP contribution in [0.5, 0.6) is 5.75 Å². The number of hydrogen-bond acceptors (Lipinski definition) is 3. The van der Waals surface area contributed by atoms with E-state index < -0.39 is 0 Å². The summed E-state index contributed by atoms with van der Waals surface area (Å²) in [6.45, 7) is 4.92. The van der Waals surface area contributed by atoms with Crippen molar-refractivity contribution >= 4 is 5.91 Å². The lowest BCUT2D eigenvalue weighted by atomic mass is 9.82. The number of piperidine rings is 1. The largest absolute Gasteiger partial charge is 0.508 e. The Morgan fingerprint density at radius 1 is 1.42 bits per heavy atom. The molecule has 1 N–H and O–H groups in total. The molecule has 0 radical (unpaired) electrons. The fourth-order valence-electron chi connectivity index (χ4n) is 2.24. The molecule has 0 bridgehead atoms. The molecule has 1 aliphatic rings. The van der Waals surface area contributed by atoms with Crippen LogP contribution in [0, 0.1) is 23.7 Å². The minimum Gasteiger partial charge on any atom is -0.508 e. The van der Waals surface area contributed by atoms with Gasteiger partial charge in [-0.2, -0.15) is 5.26 Å². The highest BCUT2D eigenvalue weighted by atomic mass is 16.3. The Labute approximate surface area is 113 Å². The van der Waals surface area contributed by atoms with Crippen LogP contribution in [0.25, 0.3) is 0 Å². The topological polar surface area (TPSA) is 64.3 Å². The van der Waals surface area contributed by atoms with Gasteiger partial charge in [-0.3, -0.25) is 4.79 Å². The quantitative estimate of drug-likeness (QED) is 0.841. The van der Waals surface area contributed by atoms with Crippen LogP contribution in [0.1, 0.15) is 35.7 Å². The van der Waals surface area contributed by atoms with Crippen molar-refractivity contribution in [1.82, 2.24) is 4.90 Å². The number of likely N-dealkylation sites (tertiary alicyclic amines) is 1. The Bertz CT molecular complexity index is 538. The number of nitriles is 1. The number of carbonyl (C=O) groups is 1. The summed E-state index contributed by atoms with van der Waals surface area (Å²) in [5.41, 5.74) is 0.947. The molecule has 1 aromatic carbocycles. The molecule has 0 aliphatic carbocycles. The summed E-state index contributed by atoms with van der Waals surface area (Å²) in [7, 11) is 0. The van der Waals surface area contributed by atoms with Gasteiger partial charge in [-0.15, -0.1) is 0 Å². The molecule has 1 heterocycles. The van der Waals surface area contributed by atoms with Crippen LogP contribution in [0.4, 0.5) is 0 Å². The summed E-state index contributed by atoms with van der Waals surface area (Å²) in [4.78, 5) is 14.0. The van der Waals surface area contributed by atoms with Gasteiger partial charge in [0.2, 0.25) is 0 Å². The maximum atomic E-state index is 12.3. The van der Waals surface area contributed by atoms with Crippen molar-refractivity contribution in [2.75, 3.05) is 13.1 Å². The zero-order valence-corrected chi connectivity index (χ0v) is 11.3. The minimum atomic E-state index is -0.313. The molecule has 0 atom stereocenters. The summed E-state index contributed by atoms with van der Waals surface area (Å²) in [6.07, 6.45) is 1.40. The molecular weight excluding hydrogens is 240 g/mol. The number of aromatic hydroxyl groups is 1. The molecule has 1 amide bonds. The highest BCUT2D eigenvalue weighted by Crippen LogP contribution is 2.30. The maximum Gasteiger partial charge on any atom is 0.253 e. The first kappa shape index (κ1) is 13.4. The smallest absolute Gasteiger partial charge is 0.253 e. The lowest BCUT2D eigenvalue weighted by molar-refractivity contribution is 0.0661. The molecule has 19 heavy (non-hydrogen) atoms. The number of phenols is 1. The van der Waals surface area contributed by atoms with E-state index in [-0.39, 0.29) is 17.1 Å². The molecule has 0 aromatic heterocycles. The van der Waals surface area contributed by atoms with E-state index in [9.17, 15) is 9.90 Å². The van der Waals surface area contributed by atoms with Gasteiger partial charge >= 0.3 is 0 Å². The lowest BCUT2D eigenvalue weighted by Gasteiger charge is -2.35. The molecular formula is C15H18N2O2. The number of carbonyl (C=O) groups excluding carboxylic acids is 1. The Balaban J connectivity index is 2.10. The van der Waals surface area contributed by atoms with Crippen LogP contribution in [-0.4, -0.2) is 29.0 Å². The monoisotopic (exact) mass is 258 g/mol. The van der Waals surface area contributed by atoms with Crippen LogP contribution in [0.3, 0.4) is 0 Å². The van der Waals surface area contributed by atoms with Crippen molar-refractivity contribution in [3.63, 3.8) is 0 Å². The number of amides is 1. The average Bonchev–Trinajstić information content (AvgIpc) is 2.42. The second-order valence-corrected chi connectivity index (χ2v) is 5.47. The van der Waals surface area contributed by atoms with Crippen LogP contribution in [-0.2, 0) is 0 Å². The van der Waals surface area contributed by atoms with Gasteiger partial charge in [0.05, 0.1) is 11.5 Å². The van der Waals surface area contributed by atoms with Crippen molar-refractivity contribution in [2.24, 2.45) is 5.41 Å². The van der Waals surface area contributed by atoms with Crippen LogP contribution in [0.2, 0.25) is 0 Å². The van der Waals surface area contributed by atoms with Gasteiger partial charge in [-0.25, -0.2) is 0 Å². The summed E-state index contributed by atoms with van der Waals surface area (Å²) in [5, 5.41) is 18.7. The number of phenolic OH excluding ortho intramolecular Hbond substituents is 1. The van der Waals surface area contributed by atoms with E-state index >= 15 is 0 Å². The maximum absolute atomic E-state index is 12.3. The normalized spacial score (nSPS) is 17.8. The van der Waals surface area contributed by atoms with Crippen molar-refractivity contribution in [3.8, 4) is 11.8 Å². The van der Waals surface area contributed by atoms with Gasteiger partial charge in [-0.1, -0.05) is 6.07 Å². The van der Waals surface area contributed by atoms with Gasteiger partial charge in [0.1, 0.15) is 5.75 Å². The van der Waals surface area contributed by atoms with Gasteiger partial charge < -0.3 is 10.0 Å². The molecule has 4 nitrogen and oxygen atoms in total. The molecule has 0 spiro atoms. The molecule has 4 heteroatoms. The summed E-state index contributed by atoms with van der Waals surface area (Å²) in [6, 6.07) is 7.30. The third-order valence-corrected chi connectivity index (χ3v) is 3.88. The van der Waals surface area contributed by atoms with E-state index in [1.165, 1.54) is 6.07 Å².